The van der Waals surface area contributed by atoms with E-state index in [0.29, 0.717) is 51.2 Å². The van der Waals surface area contributed by atoms with Gasteiger partial charge in [0, 0.05) is 32.7 Å². The minimum atomic E-state index is 0.0262. The van der Waals surface area contributed by atoms with Gasteiger partial charge in [0.05, 0.1) is 25.7 Å². The molecule has 6 heteroatoms. The van der Waals surface area contributed by atoms with E-state index in [0.717, 1.165) is 32.5 Å². The summed E-state index contributed by atoms with van der Waals surface area (Å²) in [6.45, 7) is 15.0. The molecule has 2 aliphatic heterocycles. The van der Waals surface area contributed by atoms with Crippen molar-refractivity contribution in [3.63, 3.8) is 0 Å². The van der Waals surface area contributed by atoms with Gasteiger partial charge in [-0.25, -0.2) is 0 Å². The Morgan fingerprint density at radius 1 is 1.04 bits per heavy atom. The third kappa shape index (κ3) is 6.54. The van der Waals surface area contributed by atoms with Crippen molar-refractivity contribution < 1.29 is 14.3 Å². The third-order valence-electron chi connectivity index (χ3n) is 5.06. The molecule has 2 amide bonds. The van der Waals surface area contributed by atoms with E-state index >= 15 is 0 Å². The first-order valence-corrected chi connectivity index (χ1v) is 10.2. The number of rotatable bonds is 7. The van der Waals surface area contributed by atoms with Crippen LogP contribution < -0.4 is 0 Å². The Morgan fingerprint density at radius 3 is 2.23 bits per heavy atom. The van der Waals surface area contributed by atoms with Gasteiger partial charge < -0.3 is 14.5 Å². The largest absolute Gasteiger partial charge is 0.378 e. The SMILES string of the molecule is CC(C)CN(CC(C)C)C(=O)CN1CCCC(C(=O)N2CCOCC2)C1. The number of hydrogen-bond donors (Lipinski definition) is 0. The smallest absolute Gasteiger partial charge is 0.236 e. The van der Waals surface area contributed by atoms with Crippen LogP contribution in [0, 0.1) is 17.8 Å². The molecule has 6 nitrogen and oxygen atoms in total. The number of piperidine rings is 1. The third-order valence-corrected chi connectivity index (χ3v) is 5.06. The highest BCUT2D eigenvalue weighted by molar-refractivity contribution is 5.80. The Balaban J connectivity index is 1.89. The molecule has 2 rings (SSSR count). The minimum absolute atomic E-state index is 0.0262. The van der Waals surface area contributed by atoms with E-state index in [1.807, 2.05) is 9.80 Å². The fourth-order valence-electron chi connectivity index (χ4n) is 3.89. The second kappa shape index (κ2) is 10.3. The first-order valence-electron chi connectivity index (χ1n) is 10.2. The molecular formula is C20H37N3O3. The molecular weight excluding hydrogens is 330 g/mol. The van der Waals surface area contributed by atoms with Crippen molar-refractivity contribution in [3.8, 4) is 0 Å². The lowest BCUT2D eigenvalue weighted by Gasteiger charge is -2.37. The van der Waals surface area contributed by atoms with Gasteiger partial charge in [-0.15, -0.1) is 0 Å². The highest BCUT2D eigenvalue weighted by atomic mass is 16.5. The van der Waals surface area contributed by atoms with Gasteiger partial charge >= 0.3 is 0 Å². The Morgan fingerprint density at radius 2 is 1.65 bits per heavy atom. The zero-order valence-corrected chi connectivity index (χ0v) is 17.1. The normalized spacial score (nSPS) is 22.1. The standard InChI is InChI=1S/C20H37N3O3/c1-16(2)12-23(13-17(3)4)19(24)15-21-7-5-6-18(14-21)20(25)22-8-10-26-11-9-22/h16-18H,5-15H2,1-4H3. The number of hydrogen-bond acceptors (Lipinski definition) is 4. The summed E-state index contributed by atoms with van der Waals surface area (Å²) in [7, 11) is 0. The van der Waals surface area contributed by atoms with E-state index in [1.165, 1.54) is 0 Å². The minimum Gasteiger partial charge on any atom is -0.378 e. The zero-order chi connectivity index (χ0) is 19.1. The molecule has 0 saturated carbocycles. The quantitative estimate of drug-likeness (QED) is 0.687. The maximum Gasteiger partial charge on any atom is 0.236 e. The second-order valence-corrected chi connectivity index (χ2v) is 8.60. The van der Waals surface area contributed by atoms with Gasteiger partial charge in [0.2, 0.25) is 11.8 Å². The van der Waals surface area contributed by atoms with Gasteiger partial charge in [-0.1, -0.05) is 27.7 Å². The molecule has 0 aromatic rings. The van der Waals surface area contributed by atoms with Crippen LogP contribution in [0.1, 0.15) is 40.5 Å². The van der Waals surface area contributed by atoms with Crippen molar-refractivity contribution in [3.05, 3.63) is 0 Å². The van der Waals surface area contributed by atoms with Crippen molar-refractivity contribution in [1.29, 1.82) is 0 Å². The molecule has 26 heavy (non-hydrogen) atoms. The molecule has 0 N–H and O–H groups in total. The van der Waals surface area contributed by atoms with Crippen molar-refractivity contribution >= 4 is 11.8 Å². The maximum atomic E-state index is 12.8. The summed E-state index contributed by atoms with van der Waals surface area (Å²) in [4.78, 5) is 31.7. The number of ether oxygens (including phenoxy) is 1. The average molecular weight is 368 g/mol. The van der Waals surface area contributed by atoms with Crippen molar-refractivity contribution in [1.82, 2.24) is 14.7 Å². The van der Waals surface area contributed by atoms with E-state index in [1.54, 1.807) is 0 Å². The molecule has 0 bridgehead atoms. The lowest BCUT2D eigenvalue weighted by atomic mass is 9.96. The van der Waals surface area contributed by atoms with Gasteiger partial charge in [0.15, 0.2) is 0 Å². The molecule has 2 fully saturated rings. The van der Waals surface area contributed by atoms with Crippen molar-refractivity contribution in [2.45, 2.75) is 40.5 Å². The first kappa shape index (κ1) is 21.2. The monoisotopic (exact) mass is 367 g/mol. The number of likely N-dealkylation sites (tertiary alicyclic amines) is 1. The van der Waals surface area contributed by atoms with Crippen LogP contribution in [-0.4, -0.2) is 85.5 Å². The van der Waals surface area contributed by atoms with Crippen LogP contribution in [-0.2, 0) is 14.3 Å². The Kier molecular flexibility index (Phi) is 8.35. The molecule has 2 heterocycles. The van der Waals surface area contributed by atoms with E-state index in [9.17, 15) is 9.59 Å². The fourth-order valence-corrected chi connectivity index (χ4v) is 3.89. The maximum absolute atomic E-state index is 12.8. The molecule has 0 aromatic heterocycles. The van der Waals surface area contributed by atoms with E-state index in [4.69, 9.17) is 4.74 Å². The highest BCUT2D eigenvalue weighted by Crippen LogP contribution is 2.20. The van der Waals surface area contributed by atoms with Crippen LogP contribution in [0.15, 0.2) is 0 Å². The molecule has 2 saturated heterocycles. The summed E-state index contributed by atoms with van der Waals surface area (Å²) in [5.41, 5.74) is 0. The second-order valence-electron chi connectivity index (χ2n) is 8.60. The summed E-state index contributed by atoms with van der Waals surface area (Å²) in [5.74, 6) is 1.40. The fraction of sp³-hybridized carbons (Fsp3) is 0.900. The number of morpholine rings is 1. The molecule has 0 spiro atoms. The Bertz CT molecular complexity index is 451. The molecule has 0 radical (unpaired) electrons. The van der Waals surface area contributed by atoms with Crippen LogP contribution in [0.3, 0.4) is 0 Å². The molecule has 1 unspecified atom stereocenters. The van der Waals surface area contributed by atoms with E-state index in [-0.39, 0.29) is 17.7 Å². The van der Waals surface area contributed by atoms with Crippen molar-refractivity contribution in [2.75, 3.05) is 59.0 Å². The van der Waals surface area contributed by atoms with Gasteiger partial charge in [0.25, 0.3) is 0 Å². The van der Waals surface area contributed by atoms with Crippen LogP contribution in [0.25, 0.3) is 0 Å². The van der Waals surface area contributed by atoms with Gasteiger partial charge in [-0.3, -0.25) is 14.5 Å². The summed E-state index contributed by atoms with van der Waals surface area (Å²) in [6.07, 6.45) is 1.92. The number of amides is 2. The molecule has 1 atom stereocenters. The van der Waals surface area contributed by atoms with Crippen LogP contribution in [0.5, 0.6) is 0 Å². The molecule has 0 aromatic carbocycles. The van der Waals surface area contributed by atoms with E-state index in [2.05, 4.69) is 32.6 Å². The van der Waals surface area contributed by atoms with Gasteiger partial charge in [-0.2, -0.15) is 0 Å². The topological polar surface area (TPSA) is 53.1 Å². The summed E-state index contributed by atoms with van der Waals surface area (Å²) < 4.78 is 5.35. The van der Waals surface area contributed by atoms with Gasteiger partial charge in [-0.05, 0) is 31.2 Å². The van der Waals surface area contributed by atoms with Crippen LogP contribution in [0.4, 0.5) is 0 Å². The molecule has 2 aliphatic rings. The molecule has 150 valence electrons. The van der Waals surface area contributed by atoms with E-state index < -0.39 is 0 Å². The average Bonchev–Trinajstić information content (AvgIpc) is 2.60. The summed E-state index contributed by atoms with van der Waals surface area (Å²) in [6, 6.07) is 0. The summed E-state index contributed by atoms with van der Waals surface area (Å²) >= 11 is 0. The number of nitrogens with zero attached hydrogens (tertiary/aromatic N) is 3. The lowest BCUT2D eigenvalue weighted by Crippen LogP contribution is -2.50. The zero-order valence-electron chi connectivity index (χ0n) is 17.1. The number of carbonyl (C=O) groups is 2. The van der Waals surface area contributed by atoms with Crippen molar-refractivity contribution in [2.24, 2.45) is 17.8 Å². The number of carbonyl (C=O) groups excluding carboxylic acids is 2. The Hall–Kier alpha value is -1.14. The first-order chi connectivity index (χ1) is 12.4. The predicted molar refractivity (Wildman–Crippen MR) is 103 cm³/mol. The lowest BCUT2D eigenvalue weighted by molar-refractivity contribution is -0.143. The van der Waals surface area contributed by atoms with Gasteiger partial charge in [0.1, 0.15) is 0 Å². The molecule has 0 aliphatic carbocycles. The van der Waals surface area contributed by atoms with Crippen LogP contribution in [0.2, 0.25) is 0 Å². The summed E-state index contributed by atoms with van der Waals surface area (Å²) in [5, 5.41) is 0. The Labute approximate surface area is 158 Å². The predicted octanol–water partition coefficient (Wildman–Crippen LogP) is 1.70. The van der Waals surface area contributed by atoms with Crippen LogP contribution >= 0.6 is 0 Å². The highest BCUT2D eigenvalue weighted by Gasteiger charge is 2.31.